The van der Waals surface area contributed by atoms with E-state index in [1.807, 2.05) is 30.3 Å². The maximum atomic E-state index is 12.7. The van der Waals surface area contributed by atoms with Gasteiger partial charge in [0.1, 0.15) is 11.8 Å². The summed E-state index contributed by atoms with van der Waals surface area (Å²) in [6.45, 7) is 1.08. The molecule has 0 bridgehead atoms. The molecule has 0 saturated heterocycles. The normalized spacial score (nSPS) is 11.8. The second-order valence-electron chi connectivity index (χ2n) is 5.13. The molecule has 1 atom stereocenters. The molecule has 0 aliphatic rings. The van der Waals surface area contributed by atoms with E-state index in [2.05, 4.69) is 10.6 Å². The SMILES string of the molecule is COCCNC(C(=O)Nc1ccc(OC)c(Cl)c1)c1ccccc1. The Morgan fingerprint density at radius 2 is 1.92 bits per heavy atom. The van der Waals surface area contributed by atoms with E-state index in [4.69, 9.17) is 21.1 Å². The highest BCUT2D eigenvalue weighted by Gasteiger charge is 2.20. The largest absolute Gasteiger partial charge is 0.495 e. The highest BCUT2D eigenvalue weighted by atomic mass is 35.5. The number of anilines is 1. The number of carbonyl (C=O) groups excluding carboxylic acids is 1. The number of carbonyl (C=O) groups is 1. The molecule has 0 aliphatic heterocycles. The Hall–Kier alpha value is -2.08. The van der Waals surface area contributed by atoms with Gasteiger partial charge in [-0.1, -0.05) is 41.9 Å². The third kappa shape index (κ3) is 4.96. The van der Waals surface area contributed by atoms with Gasteiger partial charge in [0.05, 0.1) is 18.7 Å². The summed E-state index contributed by atoms with van der Waals surface area (Å²) in [7, 11) is 3.17. The van der Waals surface area contributed by atoms with Gasteiger partial charge in [-0.2, -0.15) is 0 Å². The molecule has 24 heavy (non-hydrogen) atoms. The van der Waals surface area contributed by atoms with Crippen LogP contribution in [0.4, 0.5) is 5.69 Å². The summed E-state index contributed by atoms with van der Waals surface area (Å²) in [6, 6.07) is 14.2. The van der Waals surface area contributed by atoms with Crippen molar-refractivity contribution < 1.29 is 14.3 Å². The van der Waals surface area contributed by atoms with Gasteiger partial charge in [0.25, 0.3) is 0 Å². The smallest absolute Gasteiger partial charge is 0.246 e. The second-order valence-corrected chi connectivity index (χ2v) is 5.54. The lowest BCUT2D eigenvalue weighted by Crippen LogP contribution is -2.34. The standard InChI is InChI=1S/C18H21ClN2O3/c1-23-11-10-20-17(13-6-4-3-5-7-13)18(22)21-14-8-9-16(24-2)15(19)12-14/h3-9,12,17,20H,10-11H2,1-2H3,(H,21,22). The Labute approximate surface area is 146 Å². The van der Waals surface area contributed by atoms with Crippen molar-refractivity contribution in [3.8, 4) is 5.75 Å². The van der Waals surface area contributed by atoms with Crippen LogP contribution in [0.1, 0.15) is 11.6 Å². The van der Waals surface area contributed by atoms with Gasteiger partial charge < -0.3 is 14.8 Å². The molecule has 0 radical (unpaired) electrons. The number of nitrogens with one attached hydrogen (secondary N) is 2. The van der Waals surface area contributed by atoms with Crippen molar-refractivity contribution in [1.29, 1.82) is 0 Å². The first-order chi connectivity index (χ1) is 11.7. The zero-order valence-electron chi connectivity index (χ0n) is 13.7. The van der Waals surface area contributed by atoms with Crippen LogP contribution in [0.2, 0.25) is 5.02 Å². The molecule has 2 N–H and O–H groups in total. The molecule has 0 spiro atoms. The van der Waals surface area contributed by atoms with Crippen LogP contribution >= 0.6 is 11.6 Å². The van der Waals surface area contributed by atoms with Gasteiger partial charge in [-0.25, -0.2) is 0 Å². The summed E-state index contributed by atoms with van der Waals surface area (Å²) < 4.78 is 10.2. The van der Waals surface area contributed by atoms with E-state index in [1.54, 1.807) is 32.4 Å². The first-order valence-electron chi connectivity index (χ1n) is 7.57. The van der Waals surface area contributed by atoms with E-state index >= 15 is 0 Å². The van der Waals surface area contributed by atoms with Crippen molar-refractivity contribution in [2.24, 2.45) is 0 Å². The van der Waals surface area contributed by atoms with E-state index in [1.165, 1.54) is 0 Å². The first-order valence-corrected chi connectivity index (χ1v) is 7.95. The molecule has 0 saturated carbocycles. The molecule has 0 fully saturated rings. The van der Waals surface area contributed by atoms with Crippen molar-refractivity contribution in [3.63, 3.8) is 0 Å². The molecule has 128 valence electrons. The Balaban J connectivity index is 2.13. The van der Waals surface area contributed by atoms with Crippen LogP contribution < -0.4 is 15.4 Å². The van der Waals surface area contributed by atoms with Crippen LogP contribution in [0.5, 0.6) is 5.75 Å². The number of methoxy groups -OCH3 is 2. The Morgan fingerprint density at radius 3 is 2.54 bits per heavy atom. The Morgan fingerprint density at radius 1 is 1.17 bits per heavy atom. The van der Waals surface area contributed by atoms with Gasteiger partial charge >= 0.3 is 0 Å². The predicted octanol–water partition coefficient (Wildman–Crippen LogP) is 3.26. The molecule has 1 amide bonds. The van der Waals surface area contributed by atoms with Crippen LogP contribution in [-0.4, -0.2) is 33.3 Å². The van der Waals surface area contributed by atoms with Gasteiger partial charge in [-0.05, 0) is 23.8 Å². The quantitative estimate of drug-likeness (QED) is 0.719. The van der Waals surface area contributed by atoms with Gasteiger partial charge in [0.15, 0.2) is 0 Å². The number of ether oxygens (including phenoxy) is 2. The van der Waals surface area contributed by atoms with Crippen LogP contribution in [0, 0.1) is 0 Å². The maximum Gasteiger partial charge on any atom is 0.246 e. The molecule has 0 aromatic heterocycles. The monoisotopic (exact) mass is 348 g/mol. The van der Waals surface area contributed by atoms with Crippen molar-refractivity contribution in [2.45, 2.75) is 6.04 Å². The lowest BCUT2D eigenvalue weighted by Gasteiger charge is -2.19. The molecule has 1 unspecified atom stereocenters. The number of benzene rings is 2. The molecule has 6 heteroatoms. The summed E-state index contributed by atoms with van der Waals surface area (Å²) in [4.78, 5) is 12.7. The molecular formula is C18H21ClN2O3. The highest BCUT2D eigenvalue weighted by molar-refractivity contribution is 6.32. The number of rotatable bonds is 8. The van der Waals surface area contributed by atoms with Crippen LogP contribution in [0.3, 0.4) is 0 Å². The summed E-state index contributed by atoms with van der Waals surface area (Å²) >= 11 is 6.10. The maximum absolute atomic E-state index is 12.7. The molecule has 2 aromatic rings. The number of hydrogen-bond acceptors (Lipinski definition) is 4. The average molecular weight is 349 g/mol. The van der Waals surface area contributed by atoms with E-state index in [9.17, 15) is 4.79 Å². The van der Waals surface area contributed by atoms with Crippen LogP contribution in [-0.2, 0) is 9.53 Å². The Kier molecular flexibility index (Phi) is 7.06. The fourth-order valence-corrected chi connectivity index (χ4v) is 2.53. The Bertz CT molecular complexity index is 665. The van der Waals surface area contributed by atoms with Crippen molar-refractivity contribution in [1.82, 2.24) is 5.32 Å². The molecule has 2 aromatic carbocycles. The summed E-state index contributed by atoms with van der Waals surface area (Å²) in [5.74, 6) is 0.394. The minimum atomic E-state index is -0.484. The van der Waals surface area contributed by atoms with Gasteiger partial charge in [0.2, 0.25) is 5.91 Å². The van der Waals surface area contributed by atoms with Gasteiger partial charge in [-0.15, -0.1) is 0 Å². The minimum absolute atomic E-state index is 0.168. The zero-order chi connectivity index (χ0) is 17.4. The predicted molar refractivity (Wildman–Crippen MR) is 95.7 cm³/mol. The lowest BCUT2D eigenvalue weighted by molar-refractivity contribution is -0.118. The fourth-order valence-electron chi connectivity index (χ4n) is 2.27. The molecule has 0 heterocycles. The van der Waals surface area contributed by atoms with Gasteiger partial charge in [0, 0.05) is 19.3 Å². The lowest BCUT2D eigenvalue weighted by atomic mass is 10.1. The van der Waals surface area contributed by atoms with E-state index in [0.29, 0.717) is 29.6 Å². The van der Waals surface area contributed by atoms with E-state index < -0.39 is 6.04 Å². The number of halogens is 1. The van der Waals surface area contributed by atoms with Gasteiger partial charge in [-0.3, -0.25) is 10.1 Å². The first kappa shape index (κ1) is 18.3. The van der Waals surface area contributed by atoms with Crippen LogP contribution in [0.15, 0.2) is 48.5 Å². The number of hydrogen-bond donors (Lipinski definition) is 2. The third-order valence-corrected chi connectivity index (χ3v) is 3.76. The molecule has 2 rings (SSSR count). The van der Waals surface area contributed by atoms with E-state index in [-0.39, 0.29) is 5.91 Å². The number of amides is 1. The van der Waals surface area contributed by atoms with Crippen molar-refractivity contribution in [2.75, 3.05) is 32.7 Å². The highest BCUT2D eigenvalue weighted by Crippen LogP contribution is 2.27. The fraction of sp³-hybridized carbons (Fsp3) is 0.278. The summed E-state index contributed by atoms with van der Waals surface area (Å²) in [5, 5.41) is 6.52. The molecule has 0 aliphatic carbocycles. The van der Waals surface area contributed by atoms with Crippen molar-refractivity contribution >= 4 is 23.2 Å². The van der Waals surface area contributed by atoms with Crippen LogP contribution in [0.25, 0.3) is 0 Å². The molecule has 5 nitrogen and oxygen atoms in total. The zero-order valence-corrected chi connectivity index (χ0v) is 14.5. The summed E-state index contributed by atoms with van der Waals surface area (Å²) in [5.41, 5.74) is 1.49. The second kappa shape index (κ2) is 9.27. The van der Waals surface area contributed by atoms with E-state index in [0.717, 1.165) is 5.56 Å². The van der Waals surface area contributed by atoms with Crippen molar-refractivity contribution in [3.05, 3.63) is 59.1 Å². The minimum Gasteiger partial charge on any atom is -0.495 e. The average Bonchev–Trinajstić information content (AvgIpc) is 2.59. The summed E-state index contributed by atoms with van der Waals surface area (Å²) in [6.07, 6.45) is 0. The molecular weight excluding hydrogens is 328 g/mol. The topological polar surface area (TPSA) is 59.6 Å². The third-order valence-electron chi connectivity index (χ3n) is 3.47.